The lowest BCUT2D eigenvalue weighted by Crippen LogP contribution is -2.44. The van der Waals surface area contributed by atoms with Crippen LogP contribution in [0, 0.1) is 6.92 Å². The molecule has 0 aromatic carbocycles. The standard InChI is InChI=1S/C19H24FN5O2S/c1-11-16(12-6-7-22-18(24-12)19(2,3)10-20)28-14(23-11)9-15(26)25-8-4-5-13(25)17(21)27/h6-7,13H,4-5,8-10H2,1-3H3,(H2,21,27)/t13-/m0/s1. The van der Waals surface area contributed by atoms with Gasteiger partial charge in [0.15, 0.2) is 0 Å². The summed E-state index contributed by atoms with van der Waals surface area (Å²) >= 11 is 1.38. The number of carbonyl (C=O) groups is 2. The van der Waals surface area contributed by atoms with Gasteiger partial charge in [-0.15, -0.1) is 11.3 Å². The lowest BCUT2D eigenvalue weighted by Gasteiger charge is -2.21. The molecule has 1 fully saturated rings. The summed E-state index contributed by atoms with van der Waals surface area (Å²) in [5.74, 6) is -0.186. The summed E-state index contributed by atoms with van der Waals surface area (Å²) in [5.41, 5.74) is 6.04. The zero-order valence-electron chi connectivity index (χ0n) is 16.2. The first-order valence-corrected chi connectivity index (χ1v) is 9.99. The molecule has 0 unspecified atom stereocenters. The SMILES string of the molecule is Cc1nc(CC(=O)N2CCC[C@H]2C(N)=O)sc1-c1ccnc(C(C)(C)CF)n1. The lowest BCUT2D eigenvalue weighted by molar-refractivity contribution is -0.136. The van der Waals surface area contributed by atoms with Crippen LogP contribution >= 0.6 is 11.3 Å². The fourth-order valence-electron chi connectivity index (χ4n) is 3.23. The predicted octanol–water partition coefficient (Wildman–Crippen LogP) is 2.17. The van der Waals surface area contributed by atoms with Crippen molar-refractivity contribution in [2.75, 3.05) is 13.2 Å². The highest BCUT2D eigenvalue weighted by Crippen LogP contribution is 2.31. The summed E-state index contributed by atoms with van der Waals surface area (Å²) < 4.78 is 13.3. The molecule has 1 atom stereocenters. The molecule has 2 aromatic rings. The molecule has 2 amide bonds. The van der Waals surface area contributed by atoms with Gasteiger partial charge in [-0.25, -0.2) is 15.0 Å². The van der Waals surface area contributed by atoms with Crippen molar-refractivity contribution in [2.24, 2.45) is 5.73 Å². The number of likely N-dealkylation sites (tertiary alicyclic amines) is 1. The molecule has 1 aliphatic heterocycles. The highest BCUT2D eigenvalue weighted by Gasteiger charge is 2.33. The quantitative estimate of drug-likeness (QED) is 0.794. The molecule has 0 saturated carbocycles. The van der Waals surface area contributed by atoms with Gasteiger partial charge in [0.25, 0.3) is 0 Å². The molecule has 2 aromatic heterocycles. The van der Waals surface area contributed by atoms with E-state index in [0.29, 0.717) is 29.5 Å². The Hall–Kier alpha value is -2.42. The third-order valence-electron chi connectivity index (χ3n) is 4.87. The normalized spacial score (nSPS) is 17.1. The van der Waals surface area contributed by atoms with Crippen LogP contribution in [-0.4, -0.2) is 50.9 Å². The van der Waals surface area contributed by atoms with Crippen LogP contribution in [0.15, 0.2) is 12.3 Å². The van der Waals surface area contributed by atoms with E-state index in [-0.39, 0.29) is 12.3 Å². The van der Waals surface area contributed by atoms with Crippen LogP contribution in [0.5, 0.6) is 0 Å². The topological polar surface area (TPSA) is 102 Å². The molecule has 7 nitrogen and oxygen atoms in total. The fourth-order valence-corrected chi connectivity index (χ4v) is 4.25. The minimum absolute atomic E-state index is 0.114. The van der Waals surface area contributed by atoms with Crippen molar-refractivity contribution in [1.82, 2.24) is 19.9 Å². The summed E-state index contributed by atoms with van der Waals surface area (Å²) in [4.78, 5) is 39.7. The number of halogens is 1. The number of alkyl halides is 1. The highest BCUT2D eigenvalue weighted by molar-refractivity contribution is 7.15. The number of thiazole rings is 1. The molecule has 0 aliphatic carbocycles. The first-order valence-electron chi connectivity index (χ1n) is 9.18. The Bertz CT molecular complexity index is 898. The van der Waals surface area contributed by atoms with Crippen molar-refractivity contribution in [1.29, 1.82) is 0 Å². The molecule has 3 heterocycles. The molecule has 1 aliphatic rings. The minimum Gasteiger partial charge on any atom is -0.368 e. The van der Waals surface area contributed by atoms with Crippen molar-refractivity contribution in [3.8, 4) is 10.6 Å². The van der Waals surface area contributed by atoms with Crippen LogP contribution in [-0.2, 0) is 21.4 Å². The zero-order valence-corrected chi connectivity index (χ0v) is 17.1. The predicted molar refractivity (Wildman–Crippen MR) is 105 cm³/mol. The van der Waals surface area contributed by atoms with E-state index in [2.05, 4.69) is 15.0 Å². The number of nitrogens with zero attached hydrogens (tertiary/aromatic N) is 4. The number of amides is 2. The van der Waals surface area contributed by atoms with Gasteiger partial charge in [-0.05, 0) is 25.8 Å². The van der Waals surface area contributed by atoms with E-state index in [9.17, 15) is 14.0 Å². The van der Waals surface area contributed by atoms with Gasteiger partial charge >= 0.3 is 0 Å². The number of carbonyl (C=O) groups excluding carboxylic acids is 2. The summed E-state index contributed by atoms with van der Waals surface area (Å²) in [7, 11) is 0. The second-order valence-electron chi connectivity index (χ2n) is 7.63. The van der Waals surface area contributed by atoms with Crippen LogP contribution in [0.25, 0.3) is 10.6 Å². The van der Waals surface area contributed by atoms with Crippen molar-refractivity contribution in [3.63, 3.8) is 0 Å². The first-order chi connectivity index (χ1) is 13.2. The van der Waals surface area contributed by atoms with Crippen LogP contribution in [0.2, 0.25) is 0 Å². The summed E-state index contributed by atoms with van der Waals surface area (Å²) in [6.45, 7) is 5.33. The average molecular weight is 405 g/mol. The Labute approximate surface area is 167 Å². The van der Waals surface area contributed by atoms with Gasteiger partial charge in [-0.1, -0.05) is 13.8 Å². The molecule has 0 radical (unpaired) electrons. The Kier molecular flexibility index (Phi) is 5.74. The van der Waals surface area contributed by atoms with Crippen LogP contribution in [0.4, 0.5) is 4.39 Å². The third-order valence-corrected chi connectivity index (χ3v) is 6.05. The Morgan fingerprint density at radius 1 is 1.39 bits per heavy atom. The van der Waals surface area contributed by atoms with Gasteiger partial charge in [-0.2, -0.15) is 0 Å². The van der Waals surface area contributed by atoms with Gasteiger partial charge in [0, 0.05) is 12.7 Å². The number of primary amides is 1. The van der Waals surface area contributed by atoms with E-state index < -0.39 is 24.0 Å². The Balaban J connectivity index is 1.81. The Morgan fingerprint density at radius 2 is 2.14 bits per heavy atom. The Morgan fingerprint density at radius 3 is 2.82 bits per heavy atom. The van der Waals surface area contributed by atoms with Crippen LogP contribution in [0.1, 0.15) is 43.2 Å². The van der Waals surface area contributed by atoms with Gasteiger partial charge in [-0.3, -0.25) is 14.0 Å². The lowest BCUT2D eigenvalue weighted by atomic mass is 9.94. The summed E-state index contributed by atoms with van der Waals surface area (Å²) in [6.07, 6.45) is 3.11. The number of hydrogen-bond acceptors (Lipinski definition) is 6. The van der Waals surface area contributed by atoms with E-state index in [4.69, 9.17) is 5.73 Å². The fraction of sp³-hybridized carbons (Fsp3) is 0.526. The highest BCUT2D eigenvalue weighted by atomic mass is 32.1. The van der Waals surface area contributed by atoms with E-state index in [1.54, 1.807) is 31.0 Å². The van der Waals surface area contributed by atoms with Crippen molar-refractivity contribution in [3.05, 3.63) is 28.8 Å². The number of aryl methyl sites for hydroxylation is 1. The van der Waals surface area contributed by atoms with Gasteiger partial charge in [0.1, 0.15) is 23.5 Å². The van der Waals surface area contributed by atoms with E-state index in [1.807, 2.05) is 6.92 Å². The molecular weight excluding hydrogens is 381 g/mol. The van der Waals surface area contributed by atoms with Crippen LogP contribution in [0.3, 0.4) is 0 Å². The molecule has 0 bridgehead atoms. The van der Waals surface area contributed by atoms with E-state index in [1.165, 1.54) is 11.3 Å². The maximum absolute atomic E-state index is 13.3. The largest absolute Gasteiger partial charge is 0.368 e. The zero-order chi connectivity index (χ0) is 20.5. The number of rotatable bonds is 6. The van der Waals surface area contributed by atoms with Gasteiger partial charge in [0.2, 0.25) is 11.8 Å². The molecule has 9 heteroatoms. The maximum Gasteiger partial charge on any atom is 0.240 e. The molecule has 28 heavy (non-hydrogen) atoms. The van der Waals surface area contributed by atoms with E-state index >= 15 is 0 Å². The molecule has 150 valence electrons. The third kappa shape index (κ3) is 4.04. The average Bonchev–Trinajstić information content (AvgIpc) is 3.28. The van der Waals surface area contributed by atoms with Gasteiger partial charge in [0.05, 0.1) is 28.1 Å². The van der Waals surface area contributed by atoms with Crippen molar-refractivity contribution < 1.29 is 14.0 Å². The van der Waals surface area contributed by atoms with Crippen molar-refractivity contribution >= 4 is 23.2 Å². The second kappa shape index (κ2) is 7.90. The van der Waals surface area contributed by atoms with E-state index in [0.717, 1.165) is 17.0 Å². The van der Waals surface area contributed by atoms with Crippen LogP contribution < -0.4 is 5.73 Å². The smallest absolute Gasteiger partial charge is 0.240 e. The number of hydrogen-bond donors (Lipinski definition) is 1. The second-order valence-corrected chi connectivity index (χ2v) is 8.71. The molecule has 3 rings (SSSR count). The summed E-state index contributed by atoms with van der Waals surface area (Å²) in [6, 6.07) is 1.23. The van der Waals surface area contributed by atoms with Gasteiger partial charge < -0.3 is 10.6 Å². The number of nitrogens with two attached hydrogens (primary N) is 1. The molecule has 2 N–H and O–H groups in total. The first kappa shape index (κ1) is 20.3. The molecule has 1 saturated heterocycles. The summed E-state index contributed by atoms with van der Waals surface area (Å²) in [5, 5.41) is 0.650. The molecular formula is C19H24FN5O2S. The number of aromatic nitrogens is 3. The molecule has 0 spiro atoms. The maximum atomic E-state index is 13.3. The monoisotopic (exact) mass is 405 g/mol. The minimum atomic E-state index is -0.771. The van der Waals surface area contributed by atoms with Crippen molar-refractivity contribution in [2.45, 2.75) is 51.5 Å².